The number of aliphatic hydroxyl groups is 1. The van der Waals surface area contributed by atoms with Gasteiger partial charge >= 0.3 is 5.97 Å². The number of hydrogen-bond acceptors (Lipinski definition) is 4. The van der Waals surface area contributed by atoms with Crippen LogP contribution in [0.4, 0.5) is 0 Å². The number of rotatable bonds is 3. The lowest BCUT2D eigenvalue weighted by molar-refractivity contribution is -0.138. The molecule has 6 heteroatoms. The molecule has 0 saturated heterocycles. The maximum absolute atomic E-state index is 11.9. The first-order valence-corrected chi connectivity index (χ1v) is 6.17. The van der Waals surface area contributed by atoms with Crippen LogP contribution in [-0.2, 0) is 9.36 Å². The molecule has 0 radical (unpaired) electrons. The molecule has 3 aliphatic heterocycles. The van der Waals surface area contributed by atoms with Crippen LogP contribution < -0.4 is 5.73 Å². The Balaban J connectivity index is 1.87. The average molecular weight is 225 g/mol. The van der Waals surface area contributed by atoms with Crippen LogP contribution in [-0.4, -0.2) is 22.2 Å². The first-order valence-electron chi connectivity index (χ1n) is 4.47. The minimum Gasteiger partial charge on any atom is -0.506 e. The SMILES string of the molecule is NC(CC1=CC2=C(O)C3=C1P23=O)C(=O)O. The summed E-state index contributed by atoms with van der Waals surface area (Å²) in [5, 5.41) is 19.7. The quantitative estimate of drug-likeness (QED) is 0.624. The summed E-state index contributed by atoms with van der Waals surface area (Å²) >= 11 is 0. The summed E-state index contributed by atoms with van der Waals surface area (Å²) < 4.78 is 11.9. The van der Waals surface area contributed by atoms with Crippen LogP contribution in [0, 0.1) is 0 Å². The maximum atomic E-state index is 11.9. The first kappa shape index (κ1) is 8.95. The van der Waals surface area contributed by atoms with Gasteiger partial charge in [-0.15, -0.1) is 0 Å². The molecule has 5 nitrogen and oxygen atoms in total. The van der Waals surface area contributed by atoms with Crippen LogP contribution in [0.2, 0.25) is 0 Å². The van der Waals surface area contributed by atoms with E-state index in [4.69, 9.17) is 10.8 Å². The van der Waals surface area contributed by atoms with E-state index in [0.717, 1.165) is 5.57 Å². The summed E-state index contributed by atoms with van der Waals surface area (Å²) in [5.74, 6) is -0.947. The fourth-order valence-electron chi connectivity index (χ4n) is 2.18. The van der Waals surface area contributed by atoms with Gasteiger partial charge in [0.15, 0.2) is 7.14 Å². The van der Waals surface area contributed by atoms with Crippen molar-refractivity contribution in [3.63, 3.8) is 0 Å². The number of hydrogen-bond donors (Lipinski definition) is 3. The molecule has 0 spiro atoms. The minimum atomic E-state index is -2.45. The van der Waals surface area contributed by atoms with Crippen molar-refractivity contribution in [3.8, 4) is 0 Å². The molecule has 3 heterocycles. The van der Waals surface area contributed by atoms with E-state index in [2.05, 4.69) is 0 Å². The van der Waals surface area contributed by atoms with E-state index >= 15 is 0 Å². The summed E-state index contributed by atoms with van der Waals surface area (Å²) in [6.07, 6.45) is 1.79. The van der Waals surface area contributed by atoms with E-state index in [1.165, 1.54) is 0 Å². The van der Waals surface area contributed by atoms with Crippen molar-refractivity contribution < 1.29 is 19.6 Å². The third-order valence-electron chi connectivity index (χ3n) is 2.98. The number of allylic oxidation sites excluding steroid dienone is 4. The van der Waals surface area contributed by atoms with Gasteiger partial charge < -0.3 is 20.5 Å². The van der Waals surface area contributed by atoms with E-state index < -0.39 is 19.2 Å². The number of nitrogens with two attached hydrogens (primary N) is 1. The van der Waals surface area contributed by atoms with Gasteiger partial charge in [0.1, 0.15) is 11.8 Å². The Morgan fingerprint density at radius 3 is 2.60 bits per heavy atom. The second-order valence-corrected chi connectivity index (χ2v) is 6.45. The monoisotopic (exact) mass is 225 g/mol. The van der Waals surface area contributed by atoms with E-state index in [0.29, 0.717) is 15.9 Å². The molecule has 0 fully saturated rings. The molecule has 0 amide bonds. The summed E-state index contributed by atoms with van der Waals surface area (Å²) in [5.41, 5.74) is 6.10. The molecule has 3 aliphatic rings. The molecular formula is C9H8NO4P. The Morgan fingerprint density at radius 1 is 1.53 bits per heavy atom. The van der Waals surface area contributed by atoms with Gasteiger partial charge in [0, 0.05) is 5.31 Å². The van der Waals surface area contributed by atoms with Gasteiger partial charge in [-0.25, -0.2) is 0 Å². The van der Waals surface area contributed by atoms with Crippen molar-refractivity contribution >= 4 is 13.1 Å². The molecular weight excluding hydrogens is 217 g/mol. The Kier molecular flexibility index (Phi) is 1.35. The normalized spacial score (nSPS) is 32.2. The highest BCUT2D eigenvalue weighted by molar-refractivity contribution is 7.86. The van der Waals surface area contributed by atoms with Crippen molar-refractivity contribution in [2.24, 2.45) is 5.73 Å². The Bertz CT molecular complexity index is 554. The molecule has 0 aromatic rings. The van der Waals surface area contributed by atoms with Crippen LogP contribution in [0.15, 0.2) is 33.4 Å². The van der Waals surface area contributed by atoms with Gasteiger partial charge in [0.2, 0.25) is 0 Å². The number of carbonyl (C=O) groups is 1. The predicted molar refractivity (Wildman–Crippen MR) is 52.6 cm³/mol. The summed E-state index contributed by atoms with van der Waals surface area (Å²) in [7, 11) is -2.45. The topological polar surface area (TPSA) is 101 Å². The third kappa shape index (κ3) is 0.794. The predicted octanol–water partition coefficient (Wildman–Crippen LogP) is 1.10. The fourth-order valence-corrected chi connectivity index (χ4v) is 5.20. The smallest absolute Gasteiger partial charge is 0.320 e. The molecule has 4 N–H and O–H groups in total. The zero-order valence-corrected chi connectivity index (χ0v) is 8.49. The highest BCUT2D eigenvalue weighted by Gasteiger charge is 2.67. The first-order chi connectivity index (χ1) is 6.98. The second kappa shape index (κ2) is 2.26. The second-order valence-electron chi connectivity index (χ2n) is 3.86. The molecule has 0 aliphatic carbocycles. The van der Waals surface area contributed by atoms with Crippen LogP contribution in [0.25, 0.3) is 0 Å². The van der Waals surface area contributed by atoms with Gasteiger partial charge in [-0.1, -0.05) is 0 Å². The molecule has 2 unspecified atom stereocenters. The molecule has 15 heavy (non-hydrogen) atoms. The van der Waals surface area contributed by atoms with Crippen molar-refractivity contribution in [1.82, 2.24) is 0 Å². The van der Waals surface area contributed by atoms with Crippen LogP contribution in [0.3, 0.4) is 0 Å². The maximum Gasteiger partial charge on any atom is 0.320 e. The van der Waals surface area contributed by atoms with E-state index in [-0.39, 0.29) is 12.2 Å². The molecule has 0 bridgehead atoms. The van der Waals surface area contributed by atoms with Gasteiger partial charge in [-0.05, 0) is 18.1 Å². The highest BCUT2D eigenvalue weighted by atomic mass is 31.2. The van der Waals surface area contributed by atoms with Crippen molar-refractivity contribution in [1.29, 1.82) is 0 Å². The van der Waals surface area contributed by atoms with Crippen LogP contribution in [0.5, 0.6) is 0 Å². The standard InChI is InChI=1S/C9H8NO4P/c10-4(9(12)13)1-3-2-5-6(11)8-7(3)15(5,8)14/h2,4,11H,1,10H2,(H,12,13). The number of aliphatic hydroxyl groups excluding tert-OH is 1. The van der Waals surface area contributed by atoms with Crippen LogP contribution in [0.1, 0.15) is 6.42 Å². The lowest BCUT2D eigenvalue weighted by Crippen LogP contribution is -2.30. The number of carboxylic acids is 1. The number of carboxylic acid groups (broad SMARTS) is 1. The third-order valence-corrected chi connectivity index (χ3v) is 5.98. The molecule has 78 valence electrons. The molecule has 3 rings (SSSR count). The highest BCUT2D eigenvalue weighted by Crippen LogP contribution is 2.95. The Labute approximate surface area is 85.0 Å². The fraction of sp³-hybridized carbons (Fsp3) is 0.222. The number of aliphatic carboxylic acids is 1. The summed E-state index contributed by atoms with van der Waals surface area (Å²) in [6, 6.07) is -0.973. The molecule has 2 atom stereocenters. The summed E-state index contributed by atoms with van der Waals surface area (Å²) in [4.78, 5) is 10.5. The zero-order valence-electron chi connectivity index (χ0n) is 7.60. The van der Waals surface area contributed by atoms with Crippen molar-refractivity contribution in [2.75, 3.05) is 0 Å². The van der Waals surface area contributed by atoms with Gasteiger partial charge in [0.25, 0.3) is 0 Å². The molecule has 0 aromatic heterocycles. The molecule has 0 aromatic carbocycles. The lowest BCUT2D eigenvalue weighted by atomic mass is 10.0. The van der Waals surface area contributed by atoms with E-state index in [1.54, 1.807) is 6.08 Å². The van der Waals surface area contributed by atoms with Gasteiger partial charge in [-0.3, -0.25) is 4.79 Å². The largest absolute Gasteiger partial charge is 0.506 e. The van der Waals surface area contributed by atoms with E-state index in [1.807, 2.05) is 0 Å². The van der Waals surface area contributed by atoms with Gasteiger partial charge in [0.05, 0.1) is 10.6 Å². The lowest BCUT2D eigenvalue weighted by Gasteiger charge is -2.12. The van der Waals surface area contributed by atoms with Crippen molar-refractivity contribution in [3.05, 3.63) is 33.4 Å². The average Bonchev–Trinajstić information content (AvgIpc) is 2.65. The van der Waals surface area contributed by atoms with Gasteiger partial charge in [-0.2, -0.15) is 0 Å². The van der Waals surface area contributed by atoms with Crippen molar-refractivity contribution in [2.45, 2.75) is 12.5 Å². The van der Waals surface area contributed by atoms with E-state index in [9.17, 15) is 14.5 Å². The minimum absolute atomic E-state index is 0.126. The summed E-state index contributed by atoms with van der Waals surface area (Å²) in [6.45, 7) is 0. The Hall–Kier alpha value is -1.32. The molecule has 0 saturated carbocycles. The van der Waals surface area contributed by atoms with Crippen LogP contribution >= 0.6 is 7.14 Å². The Morgan fingerprint density at radius 2 is 2.20 bits per heavy atom. The zero-order chi connectivity index (χ0) is 11.0.